The van der Waals surface area contributed by atoms with Crippen molar-refractivity contribution in [2.24, 2.45) is 0 Å². The van der Waals surface area contributed by atoms with Crippen LogP contribution in [0.1, 0.15) is 17.0 Å². The lowest BCUT2D eigenvalue weighted by Crippen LogP contribution is -2.50. The fourth-order valence-corrected chi connectivity index (χ4v) is 2.79. The van der Waals surface area contributed by atoms with E-state index in [9.17, 15) is 0 Å². The molecule has 3 heterocycles. The SMILES string of the molecule is Cc1noc(C)c1CN1CCO[C@H]2CNC[C@H]21. The van der Waals surface area contributed by atoms with E-state index in [4.69, 9.17) is 9.26 Å². The first kappa shape index (κ1) is 11.2. The van der Waals surface area contributed by atoms with Crippen molar-refractivity contribution in [3.05, 3.63) is 17.0 Å². The van der Waals surface area contributed by atoms with Crippen LogP contribution in [0, 0.1) is 13.8 Å². The minimum absolute atomic E-state index is 0.351. The van der Waals surface area contributed by atoms with Gasteiger partial charge in [-0.25, -0.2) is 0 Å². The summed E-state index contributed by atoms with van der Waals surface area (Å²) in [5.74, 6) is 0.941. The van der Waals surface area contributed by atoms with Crippen LogP contribution >= 0.6 is 0 Å². The Morgan fingerprint density at radius 1 is 1.41 bits per heavy atom. The summed E-state index contributed by atoms with van der Waals surface area (Å²) in [5, 5.41) is 7.42. The number of aryl methyl sites for hydroxylation is 2. The number of fused-ring (bicyclic) bond motifs is 1. The molecule has 0 bridgehead atoms. The fraction of sp³-hybridized carbons (Fsp3) is 0.750. The van der Waals surface area contributed by atoms with Gasteiger partial charge < -0.3 is 14.6 Å². The number of ether oxygens (including phenoxy) is 1. The maximum Gasteiger partial charge on any atom is 0.138 e. The molecule has 2 saturated heterocycles. The van der Waals surface area contributed by atoms with E-state index in [1.807, 2.05) is 13.8 Å². The summed E-state index contributed by atoms with van der Waals surface area (Å²) in [6.45, 7) is 8.74. The lowest BCUT2D eigenvalue weighted by Gasteiger charge is -2.36. The van der Waals surface area contributed by atoms with Crippen molar-refractivity contribution in [3.63, 3.8) is 0 Å². The third-order valence-corrected chi connectivity index (χ3v) is 3.85. The van der Waals surface area contributed by atoms with Gasteiger partial charge in [-0.2, -0.15) is 0 Å². The Bertz CT molecular complexity index is 385. The van der Waals surface area contributed by atoms with Crippen molar-refractivity contribution in [1.82, 2.24) is 15.4 Å². The topological polar surface area (TPSA) is 50.5 Å². The molecule has 2 fully saturated rings. The first-order valence-electron chi connectivity index (χ1n) is 6.24. The Morgan fingerprint density at radius 2 is 2.29 bits per heavy atom. The number of hydrogen-bond acceptors (Lipinski definition) is 5. The van der Waals surface area contributed by atoms with Crippen molar-refractivity contribution in [2.45, 2.75) is 32.5 Å². The highest BCUT2D eigenvalue weighted by molar-refractivity contribution is 5.21. The molecule has 0 saturated carbocycles. The molecule has 0 aromatic carbocycles. The first-order chi connectivity index (χ1) is 8.25. The van der Waals surface area contributed by atoms with Gasteiger partial charge in [0.25, 0.3) is 0 Å². The van der Waals surface area contributed by atoms with Crippen LogP contribution in [-0.4, -0.2) is 48.4 Å². The lowest BCUT2D eigenvalue weighted by atomic mass is 10.1. The minimum Gasteiger partial charge on any atom is -0.374 e. The van der Waals surface area contributed by atoms with Crippen molar-refractivity contribution in [2.75, 3.05) is 26.2 Å². The molecule has 1 N–H and O–H groups in total. The molecule has 0 radical (unpaired) electrons. The highest BCUT2D eigenvalue weighted by atomic mass is 16.5. The molecule has 1 aromatic heterocycles. The molecule has 2 aliphatic rings. The van der Waals surface area contributed by atoms with Crippen LogP contribution in [-0.2, 0) is 11.3 Å². The summed E-state index contributed by atoms with van der Waals surface area (Å²) >= 11 is 0. The Labute approximate surface area is 101 Å². The third kappa shape index (κ3) is 1.99. The second kappa shape index (κ2) is 4.40. The number of morpholine rings is 1. The number of nitrogens with zero attached hydrogens (tertiary/aromatic N) is 2. The van der Waals surface area contributed by atoms with E-state index >= 15 is 0 Å². The molecule has 0 unspecified atom stereocenters. The van der Waals surface area contributed by atoms with Crippen LogP contribution in [0.4, 0.5) is 0 Å². The zero-order valence-corrected chi connectivity index (χ0v) is 10.4. The molecule has 5 nitrogen and oxygen atoms in total. The average molecular weight is 237 g/mol. The van der Waals surface area contributed by atoms with Gasteiger partial charge in [-0.1, -0.05) is 5.16 Å². The minimum atomic E-state index is 0.351. The summed E-state index contributed by atoms with van der Waals surface area (Å²) in [4.78, 5) is 2.49. The molecule has 2 atom stereocenters. The zero-order valence-electron chi connectivity index (χ0n) is 10.4. The molecule has 2 aliphatic heterocycles. The molecule has 1 aromatic rings. The van der Waals surface area contributed by atoms with Crippen LogP contribution < -0.4 is 5.32 Å². The van der Waals surface area contributed by atoms with Gasteiger partial charge in [0.1, 0.15) is 5.76 Å². The van der Waals surface area contributed by atoms with Crippen LogP contribution in [0.5, 0.6) is 0 Å². The molecule has 5 heteroatoms. The number of aromatic nitrogens is 1. The fourth-order valence-electron chi connectivity index (χ4n) is 2.79. The predicted octanol–water partition coefficient (Wildman–Crippen LogP) is 0.464. The first-order valence-corrected chi connectivity index (χ1v) is 6.24. The summed E-state index contributed by atoms with van der Waals surface area (Å²) in [6, 6.07) is 0.498. The molecule has 0 spiro atoms. The van der Waals surface area contributed by atoms with Crippen molar-refractivity contribution in [3.8, 4) is 0 Å². The average Bonchev–Trinajstić information content (AvgIpc) is 2.91. The van der Waals surface area contributed by atoms with Crippen molar-refractivity contribution < 1.29 is 9.26 Å². The van der Waals surface area contributed by atoms with Gasteiger partial charge in [-0.05, 0) is 13.8 Å². The Hall–Kier alpha value is -0.910. The number of rotatable bonds is 2. The highest BCUT2D eigenvalue weighted by Gasteiger charge is 2.36. The van der Waals surface area contributed by atoms with Crippen molar-refractivity contribution in [1.29, 1.82) is 0 Å². The standard InChI is InChI=1S/C12H19N3O2/c1-8-10(9(2)17-14-8)7-15-3-4-16-12-6-13-5-11(12)15/h11-13H,3-7H2,1-2H3/t11-,12+/m1/s1. The molecule has 0 aliphatic carbocycles. The summed E-state index contributed by atoms with van der Waals surface area (Å²) in [7, 11) is 0. The van der Waals surface area contributed by atoms with E-state index in [-0.39, 0.29) is 0 Å². The Morgan fingerprint density at radius 3 is 3.06 bits per heavy atom. The van der Waals surface area contributed by atoms with Gasteiger partial charge in [0.05, 0.1) is 18.4 Å². The van der Waals surface area contributed by atoms with Gasteiger partial charge in [0, 0.05) is 37.8 Å². The van der Waals surface area contributed by atoms with E-state index in [0.29, 0.717) is 12.1 Å². The lowest BCUT2D eigenvalue weighted by molar-refractivity contribution is -0.0502. The highest BCUT2D eigenvalue weighted by Crippen LogP contribution is 2.22. The predicted molar refractivity (Wildman–Crippen MR) is 62.8 cm³/mol. The van der Waals surface area contributed by atoms with Crippen molar-refractivity contribution >= 4 is 0 Å². The molecule has 0 amide bonds. The maximum atomic E-state index is 5.77. The van der Waals surface area contributed by atoms with Crippen LogP contribution in [0.25, 0.3) is 0 Å². The quantitative estimate of drug-likeness (QED) is 0.810. The van der Waals surface area contributed by atoms with Crippen LogP contribution in [0.15, 0.2) is 4.52 Å². The van der Waals surface area contributed by atoms with E-state index in [2.05, 4.69) is 15.4 Å². The van der Waals surface area contributed by atoms with Crippen LogP contribution in [0.2, 0.25) is 0 Å². The number of hydrogen-bond donors (Lipinski definition) is 1. The zero-order chi connectivity index (χ0) is 11.8. The normalized spacial score (nSPS) is 29.5. The molecule has 3 rings (SSSR count). The largest absolute Gasteiger partial charge is 0.374 e. The summed E-state index contributed by atoms with van der Waals surface area (Å²) < 4.78 is 11.0. The maximum absolute atomic E-state index is 5.77. The molecular formula is C12H19N3O2. The van der Waals surface area contributed by atoms with E-state index in [1.165, 1.54) is 5.56 Å². The van der Waals surface area contributed by atoms with Gasteiger partial charge >= 0.3 is 0 Å². The second-order valence-corrected chi connectivity index (χ2v) is 4.91. The van der Waals surface area contributed by atoms with E-state index in [0.717, 1.165) is 44.2 Å². The Balaban J connectivity index is 1.76. The Kier molecular flexibility index (Phi) is 2.90. The van der Waals surface area contributed by atoms with Gasteiger partial charge in [-0.15, -0.1) is 0 Å². The number of nitrogens with one attached hydrogen (secondary N) is 1. The molecular weight excluding hydrogens is 218 g/mol. The third-order valence-electron chi connectivity index (χ3n) is 3.85. The van der Waals surface area contributed by atoms with Gasteiger partial charge in [0.15, 0.2) is 0 Å². The summed E-state index contributed by atoms with van der Waals surface area (Å²) in [6.07, 6.45) is 0.351. The monoisotopic (exact) mass is 237 g/mol. The van der Waals surface area contributed by atoms with Gasteiger partial charge in [0.2, 0.25) is 0 Å². The van der Waals surface area contributed by atoms with E-state index < -0.39 is 0 Å². The molecule has 94 valence electrons. The molecule has 17 heavy (non-hydrogen) atoms. The van der Waals surface area contributed by atoms with E-state index in [1.54, 1.807) is 0 Å². The second-order valence-electron chi connectivity index (χ2n) is 4.91. The summed E-state index contributed by atoms with van der Waals surface area (Å²) in [5.41, 5.74) is 2.24. The van der Waals surface area contributed by atoms with Crippen LogP contribution in [0.3, 0.4) is 0 Å². The van der Waals surface area contributed by atoms with Gasteiger partial charge in [-0.3, -0.25) is 4.90 Å². The smallest absolute Gasteiger partial charge is 0.138 e.